The number of aromatic carboxylic acids is 2. The zero-order chi connectivity index (χ0) is 18.0. The zero-order valence-corrected chi connectivity index (χ0v) is 14.6. The first-order valence-electron chi connectivity index (χ1n) is 6.82. The van der Waals surface area contributed by atoms with Gasteiger partial charge in [0.2, 0.25) is 0 Å². The fourth-order valence-corrected chi connectivity index (χ4v) is 4.66. The first-order valence-corrected chi connectivity index (χ1v) is 8.97. The summed E-state index contributed by atoms with van der Waals surface area (Å²) in [6.07, 6.45) is 0. The first-order chi connectivity index (χ1) is 11.2. The van der Waals surface area contributed by atoms with Crippen molar-refractivity contribution in [2.75, 3.05) is 11.5 Å². The molecule has 0 heterocycles. The second kappa shape index (κ2) is 7.06. The summed E-state index contributed by atoms with van der Waals surface area (Å²) in [5, 5.41) is 18.4. The highest BCUT2D eigenvalue weighted by atomic mass is 33.1. The van der Waals surface area contributed by atoms with Crippen molar-refractivity contribution < 1.29 is 19.8 Å². The van der Waals surface area contributed by atoms with Crippen molar-refractivity contribution in [2.24, 2.45) is 0 Å². The molecular formula is C16H16N2O4S2. The summed E-state index contributed by atoms with van der Waals surface area (Å²) in [6.45, 7) is 3.44. The second-order valence-electron chi connectivity index (χ2n) is 5.14. The molecule has 2 aromatic rings. The molecular weight excluding hydrogens is 348 g/mol. The molecule has 2 rings (SSSR count). The zero-order valence-electron chi connectivity index (χ0n) is 13.0. The van der Waals surface area contributed by atoms with E-state index in [2.05, 4.69) is 0 Å². The fourth-order valence-electron chi connectivity index (χ4n) is 2.06. The average molecular weight is 364 g/mol. The maximum absolute atomic E-state index is 11.3. The Kier molecular flexibility index (Phi) is 5.30. The van der Waals surface area contributed by atoms with Crippen LogP contribution in [0.2, 0.25) is 0 Å². The van der Waals surface area contributed by atoms with Gasteiger partial charge in [0.25, 0.3) is 0 Å². The molecule has 0 atom stereocenters. The van der Waals surface area contributed by atoms with E-state index in [0.717, 1.165) is 0 Å². The van der Waals surface area contributed by atoms with E-state index in [4.69, 9.17) is 16.6 Å². The molecule has 6 nitrogen and oxygen atoms in total. The van der Waals surface area contributed by atoms with Crippen molar-refractivity contribution in [3.8, 4) is 0 Å². The van der Waals surface area contributed by atoms with Crippen LogP contribution >= 0.6 is 21.6 Å². The van der Waals surface area contributed by atoms with Gasteiger partial charge in [-0.05, 0) is 60.0 Å². The Labute approximate surface area is 146 Å². The van der Waals surface area contributed by atoms with Crippen LogP contribution in [-0.4, -0.2) is 22.2 Å². The number of aryl methyl sites for hydroxylation is 1. The molecule has 0 saturated heterocycles. The molecule has 0 fully saturated rings. The Morgan fingerprint density at radius 3 is 2.25 bits per heavy atom. The van der Waals surface area contributed by atoms with Gasteiger partial charge in [-0.2, -0.15) is 0 Å². The molecule has 0 amide bonds. The minimum absolute atomic E-state index is 0.132. The number of hydrogen-bond acceptors (Lipinski definition) is 6. The number of carboxylic acid groups (broad SMARTS) is 2. The summed E-state index contributed by atoms with van der Waals surface area (Å²) >= 11 is 0. The van der Waals surface area contributed by atoms with E-state index in [-0.39, 0.29) is 11.1 Å². The first kappa shape index (κ1) is 18.0. The Morgan fingerprint density at radius 2 is 1.67 bits per heavy atom. The Morgan fingerprint density at radius 1 is 1.00 bits per heavy atom. The number of benzene rings is 2. The van der Waals surface area contributed by atoms with Gasteiger partial charge in [0.05, 0.1) is 11.1 Å². The molecule has 0 aromatic heterocycles. The van der Waals surface area contributed by atoms with E-state index in [0.29, 0.717) is 32.3 Å². The van der Waals surface area contributed by atoms with Crippen LogP contribution in [0, 0.1) is 13.8 Å². The third kappa shape index (κ3) is 3.60. The van der Waals surface area contributed by atoms with E-state index in [1.165, 1.54) is 39.8 Å². The van der Waals surface area contributed by atoms with Crippen LogP contribution in [0.15, 0.2) is 34.1 Å². The van der Waals surface area contributed by atoms with Gasteiger partial charge in [0.15, 0.2) is 0 Å². The quantitative estimate of drug-likeness (QED) is 0.467. The summed E-state index contributed by atoms with van der Waals surface area (Å²) in [7, 11) is 2.51. The SMILES string of the molecule is Cc1cc(C(=O)O)c(C)c(SSc2cc(C(=O)O)ccc2N)c1N. The number of carboxylic acids is 2. The molecule has 8 heteroatoms. The Balaban J connectivity index is 2.38. The predicted octanol–water partition coefficient (Wildman–Crippen LogP) is 3.66. The topological polar surface area (TPSA) is 127 Å². The van der Waals surface area contributed by atoms with Crippen LogP contribution in [-0.2, 0) is 0 Å². The van der Waals surface area contributed by atoms with Gasteiger partial charge < -0.3 is 21.7 Å². The van der Waals surface area contributed by atoms with Gasteiger partial charge in [-0.1, -0.05) is 10.8 Å². The van der Waals surface area contributed by atoms with Crippen molar-refractivity contribution in [1.29, 1.82) is 0 Å². The monoisotopic (exact) mass is 364 g/mol. The lowest BCUT2D eigenvalue weighted by Gasteiger charge is -2.14. The highest BCUT2D eigenvalue weighted by Crippen LogP contribution is 2.45. The van der Waals surface area contributed by atoms with E-state index in [1.807, 2.05) is 0 Å². The number of carbonyl (C=O) groups is 2. The van der Waals surface area contributed by atoms with Gasteiger partial charge in [0.1, 0.15) is 0 Å². The molecule has 0 spiro atoms. The molecule has 0 saturated carbocycles. The fraction of sp³-hybridized carbons (Fsp3) is 0.125. The molecule has 0 aliphatic carbocycles. The van der Waals surface area contributed by atoms with Gasteiger partial charge >= 0.3 is 11.9 Å². The van der Waals surface area contributed by atoms with Crippen molar-refractivity contribution in [3.63, 3.8) is 0 Å². The van der Waals surface area contributed by atoms with Crippen molar-refractivity contribution in [1.82, 2.24) is 0 Å². The lowest BCUT2D eigenvalue weighted by molar-refractivity contribution is 0.0685. The smallest absolute Gasteiger partial charge is 0.336 e. The van der Waals surface area contributed by atoms with E-state index < -0.39 is 11.9 Å². The normalized spacial score (nSPS) is 10.6. The van der Waals surface area contributed by atoms with Crippen LogP contribution < -0.4 is 11.5 Å². The van der Waals surface area contributed by atoms with Crippen LogP contribution in [0.25, 0.3) is 0 Å². The number of nitrogens with two attached hydrogens (primary N) is 2. The van der Waals surface area contributed by atoms with Crippen molar-refractivity contribution >= 4 is 44.9 Å². The van der Waals surface area contributed by atoms with Gasteiger partial charge in [0, 0.05) is 21.2 Å². The number of rotatable bonds is 5. The third-order valence-corrected chi connectivity index (χ3v) is 6.08. The summed E-state index contributed by atoms with van der Waals surface area (Å²) < 4.78 is 0. The van der Waals surface area contributed by atoms with Crippen LogP contribution in [0.3, 0.4) is 0 Å². The molecule has 0 aliphatic heterocycles. The highest BCUT2D eigenvalue weighted by molar-refractivity contribution is 8.76. The molecule has 0 radical (unpaired) electrons. The van der Waals surface area contributed by atoms with Crippen LogP contribution in [0.1, 0.15) is 31.8 Å². The summed E-state index contributed by atoms with van der Waals surface area (Å²) in [6, 6.07) is 5.98. The van der Waals surface area contributed by atoms with Gasteiger partial charge in [-0.3, -0.25) is 0 Å². The van der Waals surface area contributed by atoms with E-state index in [9.17, 15) is 14.7 Å². The summed E-state index contributed by atoms with van der Waals surface area (Å²) in [5.41, 5.74) is 14.5. The summed E-state index contributed by atoms with van der Waals surface area (Å²) in [4.78, 5) is 23.6. The molecule has 126 valence electrons. The lowest BCUT2D eigenvalue weighted by atomic mass is 10.0. The Bertz CT molecular complexity index is 837. The van der Waals surface area contributed by atoms with Crippen molar-refractivity contribution in [2.45, 2.75) is 23.6 Å². The van der Waals surface area contributed by atoms with E-state index >= 15 is 0 Å². The van der Waals surface area contributed by atoms with Gasteiger partial charge in [-0.15, -0.1) is 0 Å². The third-order valence-electron chi connectivity index (χ3n) is 3.48. The number of nitrogen functional groups attached to an aromatic ring is 2. The number of anilines is 2. The molecule has 24 heavy (non-hydrogen) atoms. The highest BCUT2D eigenvalue weighted by Gasteiger charge is 2.17. The molecule has 2 aromatic carbocycles. The largest absolute Gasteiger partial charge is 0.478 e. The lowest BCUT2D eigenvalue weighted by Crippen LogP contribution is -2.05. The molecule has 0 aliphatic rings. The second-order valence-corrected chi connectivity index (χ2v) is 7.32. The minimum atomic E-state index is -1.04. The van der Waals surface area contributed by atoms with Crippen LogP contribution in [0.4, 0.5) is 11.4 Å². The summed E-state index contributed by atoms with van der Waals surface area (Å²) in [5.74, 6) is -2.06. The standard InChI is InChI=1S/C16H16N2O4S2/c1-7-5-10(16(21)22)8(2)14(13(7)18)24-23-12-6-9(15(19)20)3-4-11(12)17/h3-6H,17-18H2,1-2H3,(H,19,20)(H,21,22). The Hall–Kier alpha value is -2.32. The maximum Gasteiger partial charge on any atom is 0.336 e. The van der Waals surface area contributed by atoms with Gasteiger partial charge in [-0.25, -0.2) is 9.59 Å². The minimum Gasteiger partial charge on any atom is -0.478 e. The number of hydrogen-bond donors (Lipinski definition) is 4. The molecule has 6 N–H and O–H groups in total. The van der Waals surface area contributed by atoms with Crippen molar-refractivity contribution in [3.05, 3.63) is 46.5 Å². The predicted molar refractivity (Wildman–Crippen MR) is 96.8 cm³/mol. The molecule has 0 bridgehead atoms. The molecule has 0 unspecified atom stereocenters. The van der Waals surface area contributed by atoms with E-state index in [1.54, 1.807) is 19.9 Å². The van der Waals surface area contributed by atoms with Crippen LogP contribution in [0.5, 0.6) is 0 Å². The maximum atomic E-state index is 11.3. The average Bonchev–Trinajstić information content (AvgIpc) is 2.51.